The SMILES string of the molecule is CC(C)C1COc2c(nc(Cl)nc2N2CCC(N(C)C(=O)OC(C)(C)C)C2)N1. The first kappa shape index (κ1) is 20.8. The molecule has 2 unspecified atom stereocenters. The van der Waals surface area contributed by atoms with Crippen molar-refractivity contribution in [1.82, 2.24) is 14.9 Å². The summed E-state index contributed by atoms with van der Waals surface area (Å²) in [5.74, 6) is 2.33. The molecule has 1 N–H and O–H groups in total. The van der Waals surface area contributed by atoms with Gasteiger partial charge in [0.15, 0.2) is 11.6 Å². The third-order valence-electron chi connectivity index (χ3n) is 5.05. The number of nitrogens with zero attached hydrogens (tertiary/aromatic N) is 4. The fourth-order valence-electron chi connectivity index (χ4n) is 3.34. The maximum Gasteiger partial charge on any atom is 0.410 e. The van der Waals surface area contributed by atoms with E-state index in [0.29, 0.717) is 36.5 Å². The number of rotatable bonds is 3. The van der Waals surface area contributed by atoms with Crippen LogP contribution in [0.4, 0.5) is 16.4 Å². The molecule has 2 aliphatic rings. The monoisotopic (exact) mass is 411 g/mol. The Bertz CT molecular complexity index is 737. The number of carbonyl (C=O) groups excluding carboxylic acids is 1. The highest BCUT2D eigenvalue weighted by Gasteiger charge is 2.35. The van der Waals surface area contributed by atoms with E-state index < -0.39 is 5.60 Å². The minimum absolute atomic E-state index is 0.0270. The van der Waals surface area contributed by atoms with Crippen LogP contribution in [0.2, 0.25) is 5.28 Å². The molecule has 3 rings (SSSR count). The van der Waals surface area contributed by atoms with Crippen LogP contribution in [0.15, 0.2) is 0 Å². The van der Waals surface area contributed by atoms with Gasteiger partial charge in [0.05, 0.1) is 12.1 Å². The average Bonchev–Trinajstić information content (AvgIpc) is 3.07. The lowest BCUT2D eigenvalue weighted by Crippen LogP contribution is -2.42. The van der Waals surface area contributed by atoms with Crippen molar-refractivity contribution in [3.8, 4) is 5.75 Å². The van der Waals surface area contributed by atoms with Crippen molar-refractivity contribution >= 4 is 29.3 Å². The van der Waals surface area contributed by atoms with Crippen molar-refractivity contribution < 1.29 is 14.3 Å². The summed E-state index contributed by atoms with van der Waals surface area (Å²) in [5.41, 5.74) is -0.518. The lowest BCUT2D eigenvalue weighted by Gasteiger charge is -2.32. The van der Waals surface area contributed by atoms with Gasteiger partial charge in [-0.1, -0.05) is 13.8 Å². The number of nitrogens with one attached hydrogen (secondary N) is 1. The summed E-state index contributed by atoms with van der Waals surface area (Å²) in [6, 6.07) is 0.204. The Labute approximate surface area is 171 Å². The molecule has 2 aliphatic heterocycles. The first-order valence-corrected chi connectivity index (χ1v) is 10.1. The molecule has 28 heavy (non-hydrogen) atoms. The summed E-state index contributed by atoms with van der Waals surface area (Å²) in [4.78, 5) is 24.9. The van der Waals surface area contributed by atoms with Gasteiger partial charge in [0, 0.05) is 20.1 Å². The molecule has 0 spiro atoms. The Morgan fingerprint density at radius 2 is 2.11 bits per heavy atom. The third-order valence-corrected chi connectivity index (χ3v) is 5.22. The Kier molecular flexibility index (Phi) is 5.79. The minimum Gasteiger partial charge on any atom is -0.484 e. The summed E-state index contributed by atoms with van der Waals surface area (Å²) >= 11 is 6.18. The van der Waals surface area contributed by atoms with E-state index in [9.17, 15) is 4.79 Å². The zero-order chi connectivity index (χ0) is 20.6. The van der Waals surface area contributed by atoms with Crippen molar-refractivity contribution in [1.29, 1.82) is 0 Å². The lowest BCUT2D eigenvalue weighted by molar-refractivity contribution is 0.0238. The molecule has 1 aromatic heterocycles. The second kappa shape index (κ2) is 7.81. The largest absolute Gasteiger partial charge is 0.484 e. The van der Waals surface area contributed by atoms with Crippen LogP contribution in [-0.4, -0.2) is 65.4 Å². The molecule has 9 heteroatoms. The van der Waals surface area contributed by atoms with Crippen molar-refractivity contribution in [2.75, 3.05) is 37.0 Å². The van der Waals surface area contributed by atoms with Gasteiger partial charge in [0.1, 0.15) is 12.2 Å². The van der Waals surface area contributed by atoms with Crippen molar-refractivity contribution in [3.05, 3.63) is 5.28 Å². The molecule has 0 aliphatic carbocycles. The van der Waals surface area contributed by atoms with E-state index in [2.05, 4.69) is 34.0 Å². The van der Waals surface area contributed by atoms with Gasteiger partial charge in [-0.15, -0.1) is 0 Å². The molecular weight excluding hydrogens is 382 g/mol. The van der Waals surface area contributed by atoms with E-state index >= 15 is 0 Å². The normalized spacial score (nSPS) is 21.8. The number of likely N-dealkylation sites (N-methyl/N-ethyl adjacent to an activating group) is 1. The first-order valence-electron chi connectivity index (χ1n) is 9.73. The molecule has 3 heterocycles. The van der Waals surface area contributed by atoms with Gasteiger partial charge in [-0.2, -0.15) is 9.97 Å². The van der Waals surface area contributed by atoms with E-state index in [0.717, 1.165) is 13.0 Å². The smallest absolute Gasteiger partial charge is 0.410 e. The van der Waals surface area contributed by atoms with Crippen LogP contribution in [0.1, 0.15) is 41.0 Å². The van der Waals surface area contributed by atoms with Crippen LogP contribution in [0.25, 0.3) is 0 Å². The predicted molar refractivity (Wildman–Crippen MR) is 109 cm³/mol. The van der Waals surface area contributed by atoms with E-state index in [4.69, 9.17) is 21.1 Å². The topological polar surface area (TPSA) is 79.8 Å². The molecule has 0 aromatic carbocycles. The highest BCUT2D eigenvalue weighted by molar-refractivity contribution is 6.28. The number of anilines is 2. The molecule has 0 bridgehead atoms. The second-order valence-corrected chi connectivity index (χ2v) is 9.12. The highest BCUT2D eigenvalue weighted by atomic mass is 35.5. The van der Waals surface area contributed by atoms with Crippen LogP contribution in [0.5, 0.6) is 5.75 Å². The Morgan fingerprint density at radius 3 is 2.75 bits per heavy atom. The minimum atomic E-state index is -0.518. The quantitative estimate of drug-likeness (QED) is 0.763. The van der Waals surface area contributed by atoms with Gasteiger partial charge in [-0.25, -0.2) is 4.79 Å². The standard InChI is InChI=1S/C19H30ClN5O3/c1-11(2)13-10-27-14-15(21-13)22-17(20)23-16(14)25-8-7-12(9-25)24(6)18(26)28-19(3,4)5/h11-13H,7-10H2,1-6H3,(H,21,22,23). The zero-order valence-electron chi connectivity index (χ0n) is 17.5. The fourth-order valence-corrected chi connectivity index (χ4v) is 3.50. The number of hydrogen-bond donors (Lipinski definition) is 1. The van der Waals surface area contributed by atoms with Crippen molar-refractivity contribution in [2.45, 2.75) is 58.7 Å². The van der Waals surface area contributed by atoms with Crippen LogP contribution in [0.3, 0.4) is 0 Å². The molecule has 2 atom stereocenters. The van der Waals surface area contributed by atoms with Crippen molar-refractivity contribution in [2.24, 2.45) is 5.92 Å². The molecule has 1 saturated heterocycles. The van der Waals surface area contributed by atoms with Gasteiger partial charge in [0.25, 0.3) is 0 Å². The highest BCUT2D eigenvalue weighted by Crippen LogP contribution is 2.39. The van der Waals surface area contributed by atoms with E-state index in [1.54, 1.807) is 11.9 Å². The molecule has 1 fully saturated rings. The second-order valence-electron chi connectivity index (χ2n) is 8.78. The summed E-state index contributed by atoms with van der Waals surface area (Å²) < 4.78 is 11.5. The molecule has 8 nitrogen and oxygen atoms in total. The van der Waals surface area contributed by atoms with Crippen molar-refractivity contribution in [3.63, 3.8) is 0 Å². The van der Waals surface area contributed by atoms with E-state index in [-0.39, 0.29) is 23.5 Å². The number of amides is 1. The summed E-state index contributed by atoms with van der Waals surface area (Å²) in [6.45, 7) is 11.8. The molecule has 156 valence electrons. The summed E-state index contributed by atoms with van der Waals surface area (Å²) in [5, 5.41) is 3.59. The first-order chi connectivity index (χ1) is 13.0. The van der Waals surface area contributed by atoms with Crippen LogP contribution < -0.4 is 15.0 Å². The average molecular weight is 412 g/mol. The molecule has 1 aromatic rings. The third kappa shape index (κ3) is 4.54. The number of hydrogen-bond acceptors (Lipinski definition) is 7. The van der Waals surface area contributed by atoms with Gasteiger partial charge in [0.2, 0.25) is 11.0 Å². The molecule has 0 radical (unpaired) electrons. The predicted octanol–water partition coefficient (Wildman–Crippen LogP) is 3.40. The van der Waals surface area contributed by atoms with Gasteiger partial charge >= 0.3 is 6.09 Å². The number of halogens is 1. The van der Waals surface area contributed by atoms with Crippen LogP contribution in [-0.2, 0) is 4.74 Å². The lowest BCUT2D eigenvalue weighted by atomic mass is 10.0. The zero-order valence-corrected chi connectivity index (χ0v) is 18.2. The summed E-state index contributed by atoms with van der Waals surface area (Å²) in [6.07, 6.45) is 0.494. The van der Waals surface area contributed by atoms with E-state index in [1.807, 2.05) is 20.8 Å². The summed E-state index contributed by atoms with van der Waals surface area (Å²) in [7, 11) is 1.77. The molecule has 1 amide bonds. The maximum atomic E-state index is 12.4. The van der Waals surface area contributed by atoms with Crippen LogP contribution in [0, 0.1) is 5.92 Å². The Balaban J connectivity index is 1.75. The number of fused-ring (bicyclic) bond motifs is 1. The van der Waals surface area contributed by atoms with Gasteiger partial charge in [-0.05, 0) is 44.7 Å². The molecule has 0 saturated carbocycles. The number of aromatic nitrogens is 2. The van der Waals surface area contributed by atoms with Crippen LogP contribution >= 0.6 is 11.6 Å². The molecular formula is C19H30ClN5O3. The maximum absolute atomic E-state index is 12.4. The number of ether oxygens (including phenoxy) is 2. The van der Waals surface area contributed by atoms with Gasteiger partial charge < -0.3 is 24.6 Å². The number of carbonyl (C=O) groups is 1. The Hall–Kier alpha value is -1.96. The van der Waals surface area contributed by atoms with Gasteiger partial charge in [-0.3, -0.25) is 0 Å². The fraction of sp³-hybridized carbons (Fsp3) is 0.737. The van der Waals surface area contributed by atoms with E-state index in [1.165, 1.54) is 0 Å². The Morgan fingerprint density at radius 1 is 1.39 bits per heavy atom.